The van der Waals surface area contributed by atoms with Crippen molar-refractivity contribution in [1.29, 1.82) is 0 Å². The van der Waals surface area contributed by atoms with Crippen LogP contribution in [0.1, 0.15) is 59.4 Å². The van der Waals surface area contributed by atoms with E-state index in [1.54, 1.807) is 30.3 Å². The van der Waals surface area contributed by atoms with Crippen molar-refractivity contribution in [3.8, 4) is 0 Å². The molecule has 1 atom stereocenters. The predicted molar refractivity (Wildman–Crippen MR) is 137 cm³/mol. The minimum Gasteiger partial charge on any atom is -0.478 e. The number of benzene rings is 3. The van der Waals surface area contributed by atoms with E-state index in [0.29, 0.717) is 18.0 Å². The highest BCUT2D eigenvalue weighted by Crippen LogP contribution is 2.29. The van der Waals surface area contributed by atoms with E-state index in [4.69, 9.17) is 0 Å². The lowest BCUT2D eigenvalue weighted by molar-refractivity contribution is -0.115. The van der Waals surface area contributed by atoms with Gasteiger partial charge < -0.3 is 15.7 Å². The maximum Gasteiger partial charge on any atom is 0.336 e. The van der Waals surface area contributed by atoms with Crippen molar-refractivity contribution in [2.45, 2.75) is 43.3 Å². The van der Waals surface area contributed by atoms with Crippen LogP contribution in [0.15, 0.2) is 77.7 Å². The number of rotatable bonds is 9. The average Bonchev–Trinajstić information content (AvgIpc) is 2.83. The number of amides is 2. The summed E-state index contributed by atoms with van der Waals surface area (Å²) in [6.07, 6.45) is 0.628. The molecule has 7 heteroatoms. The zero-order chi connectivity index (χ0) is 24.7. The van der Waals surface area contributed by atoms with Crippen LogP contribution in [0, 0.1) is 0 Å². The minimum atomic E-state index is -1.16. The molecule has 6 nitrogen and oxygen atoms in total. The summed E-state index contributed by atoms with van der Waals surface area (Å²) in [5.41, 5.74) is 2.52. The molecule has 3 aromatic carbocycles. The van der Waals surface area contributed by atoms with Gasteiger partial charge in [-0.25, -0.2) is 4.79 Å². The van der Waals surface area contributed by atoms with Crippen molar-refractivity contribution in [3.05, 3.63) is 89.5 Å². The fraction of sp³-hybridized carbons (Fsp3) is 0.222. The number of hydrogen-bond donors (Lipinski definition) is 3. The first kappa shape index (κ1) is 25.1. The number of aromatic carboxylic acids is 1. The van der Waals surface area contributed by atoms with E-state index in [1.165, 1.54) is 29.5 Å². The Morgan fingerprint density at radius 1 is 0.853 bits per heavy atom. The smallest absolute Gasteiger partial charge is 0.336 e. The summed E-state index contributed by atoms with van der Waals surface area (Å²) in [6.45, 7) is 6.20. The number of thioether (sulfide) groups is 1. The highest BCUT2D eigenvalue weighted by atomic mass is 32.2. The van der Waals surface area contributed by atoms with Gasteiger partial charge in [0.25, 0.3) is 5.91 Å². The molecule has 176 valence electrons. The molecular weight excluding hydrogens is 448 g/mol. The molecule has 34 heavy (non-hydrogen) atoms. The normalized spacial score (nSPS) is 11.6. The first-order valence-corrected chi connectivity index (χ1v) is 12.0. The molecule has 0 aliphatic carbocycles. The quantitative estimate of drug-likeness (QED) is 0.316. The maximum atomic E-state index is 12.9. The molecule has 0 saturated carbocycles. The highest BCUT2D eigenvalue weighted by Gasteiger charge is 2.19. The van der Waals surface area contributed by atoms with Crippen LogP contribution in [-0.2, 0) is 4.79 Å². The summed E-state index contributed by atoms with van der Waals surface area (Å²) < 4.78 is 0. The standard InChI is InChI=1S/C27H28N2O4S/c1-4-24(26(31)28-19-14-12-18(13-15-19)17(2)3)34-21-9-7-8-20(16-21)29-25(30)22-10-5-6-11-23(22)27(32)33/h5-17,24H,4H2,1-3H3,(H,28,31)(H,29,30)(H,32,33). The van der Waals surface area contributed by atoms with E-state index in [9.17, 15) is 19.5 Å². The van der Waals surface area contributed by atoms with Crippen LogP contribution in [0.5, 0.6) is 0 Å². The Balaban J connectivity index is 1.68. The highest BCUT2D eigenvalue weighted by molar-refractivity contribution is 8.00. The Kier molecular flexibility index (Phi) is 8.49. The molecule has 0 heterocycles. The van der Waals surface area contributed by atoms with Gasteiger partial charge in [0.05, 0.1) is 16.4 Å². The van der Waals surface area contributed by atoms with Crippen molar-refractivity contribution in [1.82, 2.24) is 0 Å². The number of carbonyl (C=O) groups excluding carboxylic acids is 2. The number of nitrogens with one attached hydrogen (secondary N) is 2. The Hall–Kier alpha value is -3.58. The van der Waals surface area contributed by atoms with Crippen LogP contribution in [0.3, 0.4) is 0 Å². The van der Waals surface area contributed by atoms with Crippen molar-refractivity contribution in [3.63, 3.8) is 0 Å². The van der Waals surface area contributed by atoms with E-state index in [-0.39, 0.29) is 22.3 Å². The predicted octanol–water partition coefficient (Wildman–Crippen LogP) is 6.27. The number of anilines is 2. The van der Waals surface area contributed by atoms with Gasteiger partial charge in [0.1, 0.15) is 0 Å². The monoisotopic (exact) mass is 476 g/mol. The summed E-state index contributed by atoms with van der Waals surface area (Å²) in [7, 11) is 0. The van der Waals surface area contributed by atoms with Gasteiger partial charge in [-0.15, -0.1) is 11.8 Å². The molecule has 3 aromatic rings. The van der Waals surface area contributed by atoms with Gasteiger partial charge in [-0.2, -0.15) is 0 Å². The molecule has 0 bridgehead atoms. The topological polar surface area (TPSA) is 95.5 Å². The maximum absolute atomic E-state index is 12.9. The first-order chi connectivity index (χ1) is 16.3. The SMILES string of the molecule is CCC(Sc1cccc(NC(=O)c2ccccc2C(=O)O)c1)C(=O)Nc1ccc(C(C)C)cc1. The zero-order valence-electron chi connectivity index (χ0n) is 19.4. The molecule has 0 aliphatic rings. The van der Waals surface area contributed by atoms with Gasteiger partial charge in [0.15, 0.2) is 0 Å². The van der Waals surface area contributed by atoms with Gasteiger partial charge in [-0.3, -0.25) is 9.59 Å². The lowest BCUT2D eigenvalue weighted by atomic mass is 10.0. The second kappa shape index (κ2) is 11.5. The zero-order valence-corrected chi connectivity index (χ0v) is 20.2. The van der Waals surface area contributed by atoms with Crippen molar-refractivity contribution in [2.24, 2.45) is 0 Å². The van der Waals surface area contributed by atoms with Crippen LogP contribution < -0.4 is 10.6 Å². The van der Waals surface area contributed by atoms with Gasteiger partial charge in [0, 0.05) is 16.3 Å². The molecular formula is C27H28N2O4S. The van der Waals surface area contributed by atoms with Crippen LogP contribution >= 0.6 is 11.8 Å². The molecule has 0 radical (unpaired) electrons. The summed E-state index contributed by atoms with van der Waals surface area (Å²) >= 11 is 1.41. The lowest BCUT2D eigenvalue weighted by Gasteiger charge is -2.16. The van der Waals surface area contributed by atoms with Gasteiger partial charge >= 0.3 is 5.97 Å². The molecule has 0 saturated heterocycles. The van der Waals surface area contributed by atoms with Crippen molar-refractivity contribution < 1.29 is 19.5 Å². The Morgan fingerprint density at radius 2 is 1.53 bits per heavy atom. The molecule has 1 unspecified atom stereocenters. The van der Waals surface area contributed by atoms with Crippen LogP contribution in [0.4, 0.5) is 11.4 Å². The van der Waals surface area contributed by atoms with E-state index in [2.05, 4.69) is 24.5 Å². The number of hydrogen-bond acceptors (Lipinski definition) is 4. The summed E-state index contributed by atoms with van der Waals surface area (Å²) in [6, 6.07) is 21.1. The van der Waals surface area contributed by atoms with E-state index < -0.39 is 11.9 Å². The number of carboxylic acids is 1. The van der Waals surface area contributed by atoms with Crippen molar-refractivity contribution in [2.75, 3.05) is 10.6 Å². The second-order valence-corrected chi connectivity index (χ2v) is 9.39. The molecule has 3 N–H and O–H groups in total. The van der Waals surface area contributed by atoms with E-state index >= 15 is 0 Å². The fourth-order valence-electron chi connectivity index (χ4n) is 3.37. The largest absolute Gasteiger partial charge is 0.478 e. The Morgan fingerprint density at radius 3 is 2.15 bits per heavy atom. The molecule has 0 fully saturated rings. The second-order valence-electron chi connectivity index (χ2n) is 8.11. The lowest BCUT2D eigenvalue weighted by Crippen LogP contribution is -2.24. The minimum absolute atomic E-state index is 0.0605. The third-order valence-corrected chi connectivity index (χ3v) is 6.64. The first-order valence-electron chi connectivity index (χ1n) is 11.1. The van der Waals surface area contributed by atoms with E-state index in [0.717, 1.165) is 10.6 Å². The fourth-order valence-corrected chi connectivity index (χ4v) is 4.39. The van der Waals surface area contributed by atoms with Gasteiger partial charge in [0.2, 0.25) is 5.91 Å². The van der Waals surface area contributed by atoms with Crippen LogP contribution in [-0.4, -0.2) is 28.1 Å². The molecule has 3 rings (SSSR count). The number of carbonyl (C=O) groups is 3. The van der Waals surface area contributed by atoms with Gasteiger partial charge in [-0.05, 0) is 60.4 Å². The van der Waals surface area contributed by atoms with E-state index in [1.807, 2.05) is 37.3 Å². The summed E-state index contributed by atoms with van der Waals surface area (Å²) in [4.78, 5) is 37.7. The van der Waals surface area contributed by atoms with Crippen LogP contribution in [0.2, 0.25) is 0 Å². The number of carboxylic acid groups (broad SMARTS) is 1. The van der Waals surface area contributed by atoms with Gasteiger partial charge in [-0.1, -0.05) is 51.1 Å². The average molecular weight is 477 g/mol. The van der Waals surface area contributed by atoms with Crippen molar-refractivity contribution >= 4 is 40.9 Å². The molecule has 0 spiro atoms. The summed E-state index contributed by atoms with van der Waals surface area (Å²) in [5.74, 6) is -1.33. The summed E-state index contributed by atoms with van der Waals surface area (Å²) in [5, 5.41) is 14.7. The third kappa shape index (κ3) is 6.48. The van der Waals surface area contributed by atoms with Crippen LogP contribution in [0.25, 0.3) is 0 Å². The molecule has 0 aromatic heterocycles. The Labute approximate surface area is 203 Å². The molecule has 0 aliphatic heterocycles. The Bertz CT molecular complexity index is 1180. The molecule has 2 amide bonds. The third-order valence-electron chi connectivity index (χ3n) is 5.28.